The summed E-state index contributed by atoms with van der Waals surface area (Å²) in [7, 11) is 0. The van der Waals surface area contributed by atoms with Crippen LogP contribution in [-0.4, -0.2) is 46.3 Å². The van der Waals surface area contributed by atoms with Crippen molar-refractivity contribution in [2.45, 2.75) is 20.3 Å². The van der Waals surface area contributed by atoms with Crippen LogP contribution in [0.15, 0.2) is 18.2 Å². The molecule has 0 radical (unpaired) electrons. The molecule has 120 valence electrons. The lowest BCUT2D eigenvalue weighted by molar-refractivity contribution is -0.136. The summed E-state index contributed by atoms with van der Waals surface area (Å²) in [6.07, 6.45) is -0.119. The highest BCUT2D eigenvalue weighted by molar-refractivity contribution is 5.95. The maximum Gasteiger partial charge on any atom is 0.335 e. The summed E-state index contributed by atoms with van der Waals surface area (Å²) in [6, 6.07) is 3.80. The SMILES string of the molecule is CC(C)CN(CCC(=O)O)c1cc(C(=O)O)cc(C(=O)O)c1. The Kier molecular flexibility index (Phi) is 5.91. The number of nitrogens with zero attached hydrogens (tertiary/aromatic N) is 1. The number of carboxylic acids is 3. The Hall–Kier alpha value is -2.57. The fourth-order valence-corrected chi connectivity index (χ4v) is 2.04. The molecule has 1 aromatic carbocycles. The molecule has 7 heteroatoms. The average Bonchev–Trinajstić information content (AvgIpc) is 2.42. The number of anilines is 1. The molecule has 1 aromatic rings. The molecule has 0 atom stereocenters. The number of hydrogen-bond donors (Lipinski definition) is 3. The predicted octanol–water partition coefficient (Wildman–Crippen LogP) is 2.02. The van der Waals surface area contributed by atoms with Crippen LogP contribution in [-0.2, 0) is 4.79 Å². The van der Waals surface area contributed by atoms with E-state index >= 15 is 0 Å². The van der Waals surface area contributed by atoms with Gasteiger partial charge in [0.05, 0.1) is 17.5 Å². The molecule has 0 aliphatic rings. The Morgan fingerprint density at radius 3 is 1.86 bits per heavy atom. The van der Waals surface area contributed by atoms with Gasteiger partial charge in [0.1, 0.15) is 0 Å². The molecule has 0 aliphatic heterocycles. The summed E-state index contributed by atoms with van der Waals surface area (Å²) in [5.41, 5.74) is 0.116. The lowest BCUT2D eigenvalue weighted by Gasteiger charge is -2.26. The summed E-state index contributed by atoms with van der Waals surface area (Å²) < 4.78 is 0. The molecule has 0 spiro atoms. The molecule has 1 rings (SSSR count). The summed E-state index contributed by atoms with van der Waals surface area (Å²) in [5, 5.41) is 27.0. The molecular formula is C15H19NO6. The highest BCUT2D eigenvalue weighted by Gasteiger charge is 2.16. The molecule has 7 nitrogen and oxygen atoms in total. The first-order valence-electron chi connectivity index (χ1n) is 6.79. The second kappa shape index (κ2) is 7.44. The van der Waals surface area contributed by atoms with Crippen LogP contribution in [0.1, 0.15) is 41.0 Å². The van der Waals surface area contributed by atoms with Crippen molar-refractivity contribution in [3.05, 3.63) is 29.3 Å². The number of hydrogen-bond acceptors (Lipinski definition) is 4. The van der Waals surface area contributed by atoms with E-state index in [4.69, 9.17) is 15.3 Å². The third-order valence-corrected chi connectivity index (χ3v) is 2.96. The van der Waals surface area contributed by atoms with Gasteiger partial charge >= 0.3 is 17.9 Å². The molecule has 0 bridgehead atoms. The molecule has 22 heavy (non-hydrogen) atoms. The van der Waals surface area contributed by atoms with Crippen LogP contribution in [0.3, 0.4) is 0 Å². The van der Waals surface area contributed by atoms with Gasteiger partial charge in [-0.15, -0.1) is 0 Å². The quantitative estimate of drug-likeness (QED) is 0.672. The molecule has 0 saturated carbocycles. The van der Waals surface area contributed by atoms with E-state index in [0.29, 0.717) is 12.2 Å². The van der Waals surface area contributed by atoms with E-state index in [-0.39, 0.29) is 30.0 Å². The van der Waals surface area contributed by atoms with Crippen molar-refractivity contribution in [2.24, 2.45) is 5.92 Å². The van der Waals surface area contributed by atoms with Crippen molar-refractivity contribution in [3.8, 4) is 0 Å². The Labute approximate surface area is 127 Å². The first-order valence-corrected chi connectivity index (χ1v) is 6.79. The van der Waals surface area contributed by atoms with Crippen LogP contribution in [0.2, 0.25) is 0 Å². The van der Waals surface area contributed by atoms with Gasteiger partial charge < -0.3 is 20.2 Å². The van der Waals surface area contributed by atoms with E-state index in [1.54, 1.807) is 4.90 Å². The predicted molar refractivity (Wildman–Crippen MR) is 79.7 cm³/mol. The van der Waals surface area contributed by atoms with Gasteiger partial charge in [-0.1, -0.05) is 13.8 Å². The molecule has 0 amide bonds. The number of aliphatic carboxylic acids is 1. The molecule has 0 saturated heterocycles. The van der Waals surface area contributed by atoms with E-state index in [0.717, 1.165) is 6.07 Å². The zero-order valence-corrected chi connectivity index (χ0v) is 12.4. The van der Waals surface area contributed by atoms with Crippen molar-refractivity contribution in [2.75, 3.05) is 18.0 Å². The zero-order valence-electron chi connectivity index (χ0n) is 12.4. The number of aromatic carboxylic acids is 2. The van der Waals surface area contributed by atoms with Crippen LogP contribution in [0.25, 0.3) is 0 Å². The topological polar surface area (TPSA) is 115 Å². The van der Waals surface area contributed by atoms with Crippen LogP contribution in [0.5, 0.6) is 0 Å². The lowest BCUT2D eigenvalue weighted by atomic mass is 10.1. The molecule has 0 aromatic heterocycles. The largest absolute Gasteiger partial charge is 0.481 e. The van der Waals surface area contributed by atoms with Gasteiger partial charge in [0, 0.05) is 18.8 Å². The third kappa shape index (κ3) is 5.08. The Morgan fingerprint density at radius 2 is 1.50 bits per heavy atom. The van der Waals surface area contributed by atoms with Gasteiger partial charge in [0.25, 0.3) is 0 Å². The molecule has 3 N–H and O–H groups in total. The lowest BCUT2D eigenvalue weighted by Crippen LogP contribution is -2.30. The average molecular weight is 309 g/mol. The van der Waals surface area contributed by atoms with Crippen molar-refractivity contribution >= 4 is 23.6 Å². The Bertz CT molecular complexity index is 549. The van der Waals surface area contributed by atoms with Crippen LogP contribution < -0.4 is 4.90 Å². The maximum atomic E-state index is 11.1. The molecule has 0 unspecified atom stereocenters. The maximum absolute atomic E-state index is 11.1. The number of carbonyl (C=O) groups is 3. The van der Waals surface area contributed by atoms with Gasteiger partial charge in [-0.05, 0) is 24.1 Å². The van der Waals surface area contributed by atoms with Crippen molar-refractivity contribution in [1.29, 1.82) is 0 Å². The normalized spacial score (nSPS) is 10.5. The van der Waals surface area contributed by atoms with Gasteiger partial charge in [0.2, 0.25) is 0 Å². The number of carboxylic acid groups (broad SMARTS) is 3. The molecule has 0 fully saturated rings. The second-order valence-corrected chi connectivity index (χ2v) is 5.36. The first kappa shape index (κ1) is 17.5. The first-order chi connectivity index (χ1) is 10.2. The third-order valence-electron chi connectivity index (χ3n) is 2.96. The van der Waals surface area contributed by atoms with Gasteiger partial charge in [-0.2, -0.15) is 0 Å². The van der Waals surface area contributed by atoms with Crippen molar-refractivity contribution in [3.63, 3.8) is 0 Å². The van der Waals surface area contributed by atoms with E-state index in [9.17, 15) is 14.4 Å². The standard InChI is InChI=1S/C15H19NO6/c1-9(2)8-16(4-3-13(17)18)12-6-10(14(19)20)5-11(7-12)15(21)22/h5-7,9H,3-4,8H2,1-2H3,(H,17,18)(H,19,20)(H,21,22). The molecule has 0 heterocycles. The van der Waals surface area contributed by atoms with Crippen molar-refractivity contribution < 1.29 is 29.7 Å². The smallest absolute Gasteiger partial charge is 0.335 e. The highest BCUT2D eigenvalue weighted by Crippen LogP contribution is 2.21. The Balaban J connectivity index is 3.23. The summed E-state index contributed by atoms with van der Waals surface area (Å²) in [5.74, 6) is -3.23. The van der Waals surface area contributed by atoms with E-state index in [1.807, 2.05) is 13.8 Å². The van der Waals surface area contributed by atoms with Crippen LogP contribution in [0.4, 0.5) is 5.69 Å². The molecular weight excluding hydrogens is 290 g/mol. The van der Waals surface area contributed by atoms with Gasteiger partial charge in [-0.25, -0.2) is 9.59 Å². The zero-order chi connectivity index (χ0) is 16.9. The monoisotopic (exact) mass is 309 g/mol. The summed E-state index contributed by atoms with van der Waals surface area (Å²) in [4.78, 5) is 34.7. The minimum absolute atomic E-state index is 0.119. The highest BCUT2D eigenvalue weighted by atomic mass is 16.4. The number of benzene rings is 1. The fraction of sp³-hybridized carbons (Fsp3) is 0.400. The van der Waals surface area contributed by atoms with Gasteiger partial charge in [0.15, 0.2) is 0 Å². The second-order valence-electron chi connectivity index (χ2n) is 5.36. The summed E-state index contributed by atoms with van der Waals surface area (Å²) >= 11 is 0. The molecule has 0 aliphatic carbocycles. The van der Waals surface area contributed by atoms with Crippen LogP contribution in [0, 0.1) is 5.92 Å². The minimum atomic E-state index is -1.23. The van der Waals surface area contributed by atoms with E-state index in [2.05, 4.69) is 0 Å². The van der Waals surface area contributed by atoms with E-state index in [1.165, 1.54) is 12.1 Å². The summed E-state index contributed by atoms with van der Waals surface area (Å²) in [6.45, 7) is 4.55. The Morgan fingerprint density at radius 1 is 1.00 bits per heavy atom. The van der Waals surface area contributed by atoms with E-state index < -0.39 is 17.9 Å². The minimum Gasteiger partial charge on any atom is -0.481 e. The number of rotatable bonds is 8. The van der Waals surface area contributed by atoms with Crippen LogP contribution >= 0.6 is 0 Å². The van der Waals surface area contributed by atoms with Crippen molar-refractivity contribution in [1.82, 2.24) is 0 Å². The van der Waals surface area contributed by atoms with Gasteiger partial charge in [-0.3, -0.25) is 4.79 Å². The fourth-order valence-electron chi connectivity index (χ4n) is 2.04.